The molecule has 2 heterocycles. The maximum absolute atomic E-state index is 13.0. The molecule has 1 aliphatic rings. The average molecular weight is 555 g/mol. The van der Waals surface area contributed by atoms with Gasteiger partial charge in [0.1, 0.15) is 24.4 Å². The van der Waals surface area contributed by atoms with Gasteiger partial charge in [0.15, 0.2) is 5.69 Å². The van der Waals surface area contributed by atoms with Crippen LogP contribution < -0.4 is 20.7 Å². The van der Waals surface area contributed by atoms with Crippen LogP contribution in [0.5, 0.6) is 5.75 Å². The predicted octanol–water partition coefficient (Wildman–Crippen LogP) is -0.0752. The third-order valence-corrected chi connectivity index (χ3v) is 5.81. The van der Waals surface area contributed by atoms with Gasteiger partial charge < -0.3 is 30.7 Å². The Balaban J connectivity index is 1.71. The molecule has 0 aliphatic carbocycles. The number of hydrogen-bond donors (Lipinski definition) is 4. The molecule has 1 aromatic heterocycles. The summed E-state index contributed by atoms with van der Waals surface area (Å²) in [7, 11) is 1.47. The number of carbonyl (C=O) groups is 4. The molecule has 1 aromatic carbocycles. The maximum atomic E-state index is 13.0. The first-order valence-corrected chi connectivity index (χ1v) is 12.1. The van der Waals surface area contributed by atoms with Crippen LogP contribution in [0.4, 0.5) is 13.2 Å². The zero-order chi connectivity index (χ0) is 28.6. The van der Waals surface area contributed by atoms with E-state index in [4.69, 9.17) is 4.74 Å². The first-order valence-electron chi connectivity index (χ1n) is 12.1. The number of rotatable bonds is 6. The number of halogens is 3. The molecule has 4 amide bonds. The molecule has 0 unspecified atom stereocenters. The van der Waals surface area contributed by atoms with Crippen LogP contribution in [0.25, 0.3) is 0 Å². The third-order valence-electron chi connectivity index (χ3n) is 5.81. The van der Waals surface area contributed by atoms with Crippen molar-refractivity contribution in [3.63, 3.8) is 0 Å². The summed E-state index contributed by atoms with van der Waals surface area (Å²) < 4.78 is 44.9. The standard InChI is InChI=1S/C24H29F3N6O6/c1-32-11-12-39-18-6-3-2-5-15(18)21(36)30-16(13-20(35)29-17(14-34)23(32)38)22(37)28-8-4-9-33-10-7-19(31-33)24(25,26)27/h2-3,5-7,10,16-17,34H,4,8-9,11-14H2,1H3,(H,28,37)(H,29,35)(H,30,36)/t16-,17-/m0/s1. The number of likely N-dealkylation sites (N-methyl/N-ethyl adjacent to an activating group) is 1. The van der Waals surface area contributed by atoms with E-state index in [1.807, 2.05) is 0 Å². The second kappa shape index (κ2) is 13.1. The van der Waals surface area contributed by atoms with Gasteiger partial charge in [-0.15, -0.1) is 0 Å². The minimum Gasteiger partial charge on any atom is -0.491 e. The van der Waals surface area contributed by atoms with Gasteiger partial charge in [-0.1, -0.05) is 12.1 Å². The van der Waals surface area contributed by atoms with Crippen molar-refractivity contribution in [3.05, 3.63) is 47.8 Å². The fraction of sp³-hybridized carbons (Fsp3) is 0.458. The normalized spacial score (nSPS) is 19.3. The van der Waals surface area contributed by atoms with Gasteiger partial charge in [-0.2, -0.15) is 18.3 Å². The zero-order valence-electron chi connectivity index (χ0n) is 21.0. The van der Waals surface area contributed by atoms with E-state index in [9.17, 15) is 37.5 Å². The van der Waals surface area contributed by atoms with Gasteiger partial charge >= 0.3 is 6.18 Å². The van der Waals surface area contributed by atoms with Crippen molar-refractivity contribution >= 4 is 23.6 Å². The van der Waals surface area contributed by atoms with E-state index in [0.717, 1.165) is 10.7 Å². The van der Waals surface area contributed by atoms with Crippen molar-refractivity contribution in [3.8, 4) is 5.75 Å². The summed E-state index contributed by atoms with van der Waals surface area (Å²) in [4.78, 5) is 52.5. The Morgan fingerprint density at radius 1 is 1.21 bits per heavy atom. The Labute approximate surface area is 221 Å². The number of aliphatic hydroxyl groups is 1. The van der Waals surface area contributed by atoms with Crippen molar-refractivity contribution in [1.29, 1.82) is 0 Å². The minimum absolute atomic E-state index is 0.0102. The van der Waals surface area contributed by atoms with Crippen LogP contribution in [0, 0.1) is 0 Å². The molecule has 1 aliphatic heterocycles. The molecule has 4 N–H and O–H groups in total. The van der Waals surface area contributed by atoms with E-state index >= 15 is 0 Å². The van der Waals surface area contributed by atoms with E-state index < -0.39 is 60.6 Å². The Bertz CT molecular complexity index is 1190. The largest absolute Gasteiger partial charge is 0.491 e. The fourth-order valence-corrected chi connectivity index (χ4v) is 3.73. The highest BCUT2D eigenvalue weighted by Gasteiger charge is 2.33. The first-order chi connectivity index (χ1) is 18.5. The highest BCUT2D eigenvalue weighted by Crippen LogP contribution is 2.27. The van der Waals surface area contributed by atoms with Crippen molar-refractivity contribution in [2.45, 2.75) is 37.6 Å². The SMILES string of the molecule is CN1CCOc2ccccc2C(=O)N[C@H](C(=O)NCCCn2ccc(C(F)(F)F)n2)CC(=O)N[C@@H](CO)C1=O. The number of nitrogens with zero attached hydrogens (tertiary/aromatic N) is 3. The number of hydrogen-bond acceptors (Lipinski definition) is 7. The predicted molar refractivity (Wildman–Crippen MR) is 129 cm³/mol. The Morgan fingerprint density at radius 3 is 2.64 bits per heavy atom. The summed E-state index contributed by atoms with van der Waals surface area (Å²) in [5, 5.41) is 20.5. The summed E-state index contributed by atoms with van der Waals surface area (Å²) in [6, 6.07) is 4.44. The second-order valence-corrected chi connectivity index (χ2v) is 8.74. The average Bonchev–Trinajstić information content (AvgIpc) is 3.38. The number of benzene rings is 1. The number of fused-ring (bicyclic) bond motifs is 1. The van der Waals surface area contributed by atoms with Crippen LogP contribution in [0.3, 0.4) is 0 Å². The summed E-state index contributed by atoms with van der Waals surface area (Å²) in [5.74, 6) is -2.56. The molecular weight excluding hydrogens is 525 g/mol. The second-order valence-electron chi connectivity index (χ2n) is 8.74. The summed E-state index contributed by atoms with van der Waals surface area (Å²) in [6.07, 6.45) is -3.74. The number of carbonyl (C=O) groups excluding carboxylic acids is 4. The third kappa shape index (κ3) is 8.17. The molecule has 3 rings (SSSR count). The Kier molecular flexibility index (Phi) is 9.87. The number of amides is 4. The lowest BCUT2D eigenvalue weighted by atomic mass is 10.1. The van der Waals surface area contributed by atoms with Gasteiger partial charge in [-0.3, -0.25) is 23.9 Å². The molecule has 0 bridgehead atoms. The number of aryl methyl sites for hydroxylation is 1. The first kappa shape index (κ1) is 29.4. The van der Waals surface area contributed by atoms with E-state index in [-0.39, 0.29) is 44.0 Å². The van der Waals surface area contributed by atoms with Gasteiger partial charge in [0.2, 0.25) is 17.7 Å². The molecule has 0 fully saturated rings. The summed E-state index contributed by atoms with van der Waals surface area (Å²) in [5.41, 5.74) is -0.927. The Hall–Kier alpha value is -4.14. The van der Waals surface area contributed by atoms with Crippen LogP contribution in [0.1, 0.15) is 28.9 Å². The molecule has 2 atom stereocenters. The highest BCUT2D eigenvalue weighted by molar-refractivity contribution is 6.01. The topological polar surface area (TPSA) is 155 Å². The van der Waals surface area contributed by atoms with Gasteiger partial charge in [0.05, 0.1) is 25.1 Å². The smallest absolute Gasteiger partial charge is 0.435 e. The van der Waals surface area contributed by atoms with Gasteiger partial charge in [0, 0.05) is 26.3 Å². The number of aromatic nitrogens is 2. The minimum atomic E-state index is -4.57. The van der Waals surface area contributed by atoms with E-state index in [1.165, 1.54) is 24.2 Å². The molecule has 0 saturated heterocycles. The van der Waals surface area contributed by atoms with Crippen LogP contribution in [0.2, 0.25) is 0 Å². The lowest BCUT2D eigenvalue weighted by molar-refractivity contribution is -0.141. The number of alkyl halides is 3. The number of nitrogens with one attached hydrogen (secondary N) is 3. The Morgan fingerprint density at radius 2 is 1.95 bits per heavy atom. The number of aliphatic hydroxyl groups excluding tert-OH is 1. The van der Waals surface area contributed by atoms with Crippen molar-refractivity contribution in [1.82, 2.24) is 30.6 Å². The van der Waals surface area contributed by atoms with Crippen LogP contribution in [-0.2, 0) is 27.1 Å². The summed E-state index contributed by atoms with van der Waals surface area (Å²) >= 11 is 0. The molecule has 12 nitrogen and oxygen atoms in total. The van der Waals surface area contributed by atoms with E-state index in [0.29, 0.717) is 0 Å². The fourth-order valence-electron chi connectivity index (χ4n) is 3.73. The summed E-state index contributed by atoms with van der Waals surface area (Å²) in [6.45, 7) is -0.473. The van der Waals surface area contributed by atoms with Crippen LogP contribution >= 0.6 is 0 Å². The monoisotopic (exact) mass is 554 g/mol. The quantitative estimate of drug-likeness (QED) is 0.364. The number of ether oxygens (including phenoxy) is 1. The number of para-hydroxylation sites is 1. The zero-order valence-corrected chi connectivity index (χ0v) is 21.0. The molecule has 15 heteroatoms. The van der Waals surface area contributed by atoms with Crippen LogP contribution in [-0.4, -0.2) is 88.9 Å². The molecular formula is C24H29F3N6O6. The van der Waals surface area contributed by atoms with Gasteiger partial charge in [-0.05, 0) is 24.6 Å². The molecule has 39 heavy (non-hydrogen) atoms. The molecule has 0 saturated carbocycles. The van der Waals surface area contributed by atoms with E-state index in [1.54, 1.807) is 18.2 Å². The maximum Gasteiger partial charge on any atom is 0.435 e. The molecule has 0 radical (unpaired) electrons. The van der Waals surface area contributed by atoms with Gasteiger partial charge in [0.25, 0.3) is 5.91 Å². The van der Waals surface area contributed by atoms with Crippen molar-refractivity contribution < 1.29 is 42.2 Å². The van der Waals surface area contributed by atoms with Crippen molar-refractivity contribution in [2.75, 3.05) is 33.4 Å². The van der Waals surface area contributed by atoms with Crippen molar-refractivity contribution in [2.24, 2.45) is 0 Å². The lowest BCUT2D eigenvalue weighted by Gasteiger charge is -2.25. The van der Waals surface area contributed by atoms with Gasteiger partial charge in [-0.25, -0.2) is 0 Å². The van der Waals surface area contributed by atoms with E-state index in [2.05, 4.69) is 21.0 Å². The lowest BCUT2D eigenvalue weighted by Crippen LogP contribution is -2.53. The molecule has 212 valence electrons. The highest BCUT2D eigenvalue weighted by atomic mass is 19.4. The molecule has 2 aromatic rings. The molecule has 0 spiro atoms. The van der Waals surface area contributed by atoms with Crippen LogP contribution in [0.15, 0.2) is 36.5 Å².